The van der Waals surface area contributed by atoms with E-state index in [1.54, 1.807) is 0 Å². The van der Waals surface area contributed by atoms with E-state index in [1.807, 2.05) is 6.20 Å². The molecule has 2 aliphatic heterocycles. The molecule has 2 fully saturated rings. The number of pyridine rings is 1. The number of nitrogens with zero attached hydrogens (tertiary/aromatic N) is 3. The maximum Gasteiger partial charge on any atom is 0.128 e. The first kappa shape index (κ1) is 14.8. The molecule has 1 aromatic heterocycles. The van der Waals surface area contributed by atoms with Gasteiger partial charge in [-0.1, -0.05) is 13.0 Å². The quantitative estimate of drug-likeness (QED) is 0.922. The molecule has 1 aromatic rings. The number of rotatable bonds is 4. The summed E-state index contributed by atoms with van der Waals surface area (Å²) in [6.07, 6.45) is 4.74. The first-order chi connectivity index (χ1) is 10.2. The fourth-order valence-electron chi connectivity index (χ4n) is 3.75. The molecule has 3 heterocycles. The number of hydrogen-bond acceptors (Lipinski definition) is 4. The van der Waals surface area contributed by atoms with E-state index in [-0.39, 0.29) is 0 Å². The first-order valence-electron chi connectivity index (χ1n) is 8.39. The molecule has 116 valence electrons. The number of hydrogen-bond donors (Lipinski definition) is 1. The van der Waals surface area contributed by atoms with E-state index in [9.17, 15) is 0 Å². The highest BCUT2D eigenvalue weighted by Crippen LogP contribution is 2.28. The molecule has 0 bridgehead atoms. The standard InChI is InChI=1S/C17H28N4/c1-4-18-14(3)15-7-8-17(19-10-15)21-12-16-6-5-9-20(16)11-13(21)2/h7-8,10,13-14,16,18H,4-6,9,11-12H2,1-3H3. The van der Waals surface area contributed by atoms with Crippen molar-refractivity contribution in [2.75, 3.05) is 31.1 Å². The van der Waals surface area contributed by atoms with Crippen LogP contribution in [0.3, 0.4) is 0 Å². The zero-order valence-electron chi connectivity index (χ0n) is 13.5. The summed E-state index contributed by atoms with van der Waals surface area (Å²) in [5.41, 5.74) is 1.27. The Hall–Kier alpha value is -1.13. The van der Waals surface area contributed by atoms with Crippen LogP contribution in [-0.4, -0.2) is 48.1 Å². The highest BCUT2D eigenvalue weighted by atomic mass is 15.3. The van der Waals surface area contributed by atoms with Crippen LogP contribution in [0.2, 0.25) is 0 Å². The lowest BCUT2D eigenvalue weighted by Crippen LogP contribution is -2.55. The lowest BCUT2D eigenvalue weighted by atomic mass is 10.1. The van der Waals surface area contributed by atoms with Crippen molar-refractivity contribution in [2.45, 2.75) is 51.7 Å². The number of piperazine rings is 1. The van der Waals surface area contributed by atoms with Crippen LogP contribution in [0, 0.1) is 0 Å². The van der Waals surface area contributed by atoms with Crippen molar-refractivity contribution < 1.29 is 0 Å². The predicted molar refractivity (Wildman–Crippen MR) is 87.7 cm³/mol. The van der Waals surface area contributed by atoms with Crippen LogP contribution >= 0.6 is 0 Å². The topological polar surface area (TPSA) is 31.4 Å². The molecule has 0 amide bonds. The third kappa shape index (κ3) is 3.06. The monoisotopic (exact) mass is 288 g/mol. The van der Waals surface area contributed by atoms with Gasteiger partial charge in [-0.25, -0.2) is 4.98 Å². The Morgan fingerprint density at radius 1 is 1.38 bits per heavy atom. The fraction of sp³-hybridized carbons (Fsp3) is 0.706. The molecule has 0 saturated carbocycles. The molecule has 0 radical (unpaired) electrons. The van der Waals surface area contributed by atoms with Crippen LogP contribution < -0.4 is 10.2 Å². The van der Waals surface area contributed by atoms with Gasteiger partial charge in [-0.3, -0.25) is 4.90 Å². The minimum atomic E-state index is 0.376. The van der Waals surface area contributed by atoms with Crippen LogP contribution in [0.15, 0.2) is 18.3 Å². The molecule has 2 aliphatic rings. The second-order valence-electron chi connectivity index (χ2n) is 6.52. The number of fused-ring (bicyclic) bond motifs is 1. The van der Waals surface area contributed by atoms with Crippen LogP contribution in [0.4, 0.5) is 5.82 Å². The van der Waals surface area contributed by atoms with Crippen molar-refractivity contribution in [2.24, 2.45) is 0 Å². The number of aromatic nitrogens is 1. The molecule has 3 unspecified atom stereocenters. The van der Waals surface area contributed by atoms with Gasteiger partial charge in [-0.05, 0) is 51.4 Å². The van der Waals surface area contributed by atoms with E-state index in [0.29, 0.717) is 12.1 Å². The van der Waals surface area contributed by atoms with Crippen LogP contribution in [0.25, 0.3) is 0 Å². The van der Waals surface area contributed by atoms with Crippen molar-refractivity contribution in [3.8, 4) is 0 Å². The first-order valence-corrected chi connectivity index (χ1v) is 8.39. The van der Waals surface area contributed by atoms with E-state index in [1.165, 1.54) is 31.5 Å². The summed E-state index contributed by atoms with van der Waals surface area (Å²) in [5.74, 6) is 1.14. The Balaban J connectivity index is 1.71. The third-order valence-corrected chi connectivity index (χ3v) is 5.01. The maximum atomic E-state index is 4.74. The Bertz CT molecular complexity index is 458. The molecular formula is C17H28N4. The van der Waals surface area contributed by atoms with Crippen LogP contribution in [-0.2, 0) is 0 Å². The van der Waals surface area contributed by atoms with E-state index in [0.717, 1.165) is 24.9 Å². The molecule has 3 atom stereocenters. The van der Waals surface area contributed by atoms with E-state index < -0.39 is 0 Å². The summed E-state index contributed by atoms with van der Waals surface area (Å²) in [6.45, 7) is 11.3. The molecule has 3 rings (SSSR count). The van der Waals surface area contributed by atoms with Crippen molar-refractivity contribution >= 4 is 5.82 Å². The second kappa shape index (κ2) is 6.32. The van der Waals surface area contributed by atoms with Gasteiger partial charge in [0, 0.05) is 37.4 Å². The van der Waals surface area contributed by atoms with E-state index in [4.69, 9.17) is 4.98 Å². The van der Waals surface area contributed by atoms with Crippen LogP contribution in [0.1, 0.15) is 45.2 Å². The van der Waals surface area contributed by atoms with Crippen molar-refractivity contribution in [1.29, 1.82) is 0 Å². The molecule has 1 N–H and O–H groups in total. The van der Waals surface area contributed by atoms with Gasteiger partial charge in [-0.15, -0.1) is 0 Å². The third-order valence-electron chi connectivity index (χ3n) is 5.01. The molecular weight excluding hydrogens is 260 g/mol. The summed E-state index contributed by atoms with van der Waals surface area (Å²) in [7, 11) is 0. The Morgan fingerprint density at radius 2 is 2.24 bits per heavy atom. The Kier molecular flexibility index (Phi) is 4.45. The van der Waals surface area contributed by atoms with Crippen molar-refractivity contribution in [3.05, 3.63) is 23.9 Å². The summed E-state index contributed by atoms with van der Waals surface area (Å²) in [4.78, 5) is 9.89. The summed E-state index contributed by atoms with van der Waals surface area (Å²) < 4.78 is 0. The summed E-state index contributed by atoms with van der Waals surface area (Å²) in [6, 6.07) is 6.10. The molecule has 4 nitrogen and oxygen atoms in total. The fourth-order valence-corrected chi connectivity index (χ4v) is 3.75. The molecule has 0 aromatic carbocycles. The van der Waals surface area contributed by atoms with Gasteiger partial charge < -0.3 is 10.2 Å². The molecule has 0 spiro atoms. The van der Waals surface area contributed by atoms with Crippen molar-refractivity contribution in [3.63, 3.8) is 0 Å². The van der Waals surface area contributed by atoms with Gasteiger partial charge in [0.15, 0.2) is 0 Å². The minimum absolute atomic E-state index is 0.376. The van der Waals surface area contributed by atoms with Gasteiger partial charge in [0.2, 0.25) is 0 Å². The number of nitrogens with one attached hydrogen (secondary N) is 1. The zero-order valence-corrected chi connectivity index (χ0v) is 13.5. The predicted octanol–water partition coefficient (Wildman–Crippen LogP) is 2.43. The molecule has 21 heavy (non-hydrogen) atoms. The highest BCUT2D eigenvalue weighted by molar-refractivity contribution is 5.42. The summed E-state index contributed by atoms with van der Waals surface area (Å²) >= 11 is 0. The lowest BCUT2D eigenvalue weighted by molar-refractivity contribution is 0.202. The number of anilines is 1. The average Bonchev–Trinajstić information content (AvgIpc) is 2.94. The Morgan fingerprint density at radius 3 is 2.95 bits per heavy atom. The normalized spacial score (nSPS) is 27.7. The van der Waals surface area contributed by atoms with Gasteiger partial charge in [-0.2, -0.15) is 0 Å². The van der Waals surface area contributed by atoms with Crippen LogP contribution in [0.5, 0.6) is 0 Å². The lowest BCUT2D eigenvalue weighted by Gasteiger charge is -2.43. The van der Waals surface area contributed by atoms with Gasteiger partial charge in [0.25, 0.3) is 0 Å². The minimum Gasteiger partial charge on any atom is -0.351 e. The average molecular weight is 288 g/mol. The smallest absolute Gasteiger partial charge is 0.128 e. The Labute approximate surface area is 128 Å². The molecule has 2 saturated heterocycles. The maximum absolute atomic E-state index is 4.74. The molecule has 4 heteroatoms. The van der Waals surface area contributed by atoms with E-state index >= 15 is 0 Å². The SMILES string of the molecule is CCNC(C)c1ccc(N2CC3CCCN3CC2C)nc1. The second-order valence-corrected chi connectivity index (χ2v) is 6.52. The van der Waals surface area contributed by atoms with Gasteiger partial charge in [0.05, 0.1) is 0 Å². The van der Waals surface area contributed by atoms with Gasteiger partial charge >= 0.3 is 0 Å². The van der Waals surface area contributed by atoms with E-state index in [2.05, 4.69) is 48.0 Å². The largest absolute Gasteiger partial charge is 0.351 e. The van der Waals surface area contributed by atoms with Crippen molar-refractivity contribution in [1.82, 2.24) is 15.2 Å². The van der Waals surface area contributed by atoms with Gasteiger partial charge in [0.1, 0.15) is 5.82 Å². The zero-order chi connectivity index (χ0) is 14.8. The highest BCUT2D eigenvalue weighted by Gasteiger charge is 2.34. The molecule has 0 aliphatic carbocycles. The summed E-state index contributed by atoms with van der Waals surface area (Å²) in [5, 5.41) is 3.44.